The number of carbonyl (C=O) groups is 2. The van der Waals surface area contributed by atoms with E-state index in [0.717, 1.165) is 39.8 Å². The quantitative estimate of drug-likeness (QED) is 0.188. The average molecular weight is 574 g/mol. The van der Waals surface area contributed by atoms with Crippen molar-refractivity contribution in [1.29, 1.82) is 0 Å². The lowest BCUT2D eigenvalue weighted by Crippen LogP contribution is -2.32. The number of aromatic nitrogens is 1. The Morgan fingerprint density at radius 3 is 2.30 bits per heavy atom. The zero-order chi connectivity index (χ0) is 28.1. The molecular formula is C29H23N3O6S2. The number of fused-ring (bicyclic) bond motifs is 2. The Morgan fingerprint density at radius 1 is 0.950 bits per heavy atom. The van der Waals surface area contributed by atoms with Crippen LogP contribution in [0.15, 0.2) is 76.6 Å². The van der Waals surface area contributed by atoms with Crippen molar-refractivity contribution in [3.8, 4) is 5.75 Å². The molecule has 11 heteroatoms. The minimum Gasteiger partial charge on any atom is -0.489 e. The highest BCUT2D eigenvalue weighted by Gasteiger charge is 2.57. The summed E-state index contributed by atoms with van der Waals surface area (Å²) in [6, 6.07) is 19.2. The number of carbonyl (C=O) groups excluding carboxylic acids is 2. The van der Waals surface area contributed by atoms with Gasteiger partial charge in [-0.15, -0.1) is 0 Å². The number of non-ortho nitro benzene ring substituents is 1. The van der Waals surface area contributed by atoms with Gasteiger partial charge >= 0.3 is 4.87 Å². The Balaban J connectivity index is 1.47. The van der Waals surface area contributed by atoms with E-state index in [1.807, 2.05) is 50.2 Å². The number of imide groups is 1. The molecule has 0 aliphatic carbocycles. The third-order valence-corrected chi connectivity index (χ3v) is 9.57. The highest BCUT2D eigenvalue weighted by Crippen LogP contribution is 2.55. The number of aromatic amines is 1. The molecule has 2 aliphatic rings. The molecule has 0 bridgehead atoms. The molecule has 3 atom stereocenters. The van der Waals surface area contributed by atoms with Crippen LogP contribution in [0.4, 0.5) is 11.4 Å². The molecule has 2 aliphatic heterocycles. The summed E-state index contributed by atoms with van der Waals surface area (Å²) < 4.78 is 6.19. The molecule has 2 amide bonds. The summed E-state index contributed by atoms with van der Waals surface area (Å²) in [4.78, 5) is 55.7. The number of hydrogen-bond donors (Lipinski definition) is 1. The molecule has 1 fully saturated rings. The van der Waals surface area contributed by atoms with Crippen LogP contribution in [0, 0.1) is 29.9 Å². The molecule has 4 aromatic rings. The Bertz CT molecular complexity index is 1710. The standard InChI is InChI=1S/C29H23N3O6S2/c1-15-3-7-17(8-4-15)14-38-21-12-11-19(32(36)37)13-20(21)22-23-25(39-26-24(22)40-29(35)30-26)28(34)31(27(23)33)18-9-5-16(2)6-10-18/h3-13,22-23,25H,14H2,1-2H3,(H,30,35)/t22-,23-,25+/m0/s1. The normalized spacial score (nSPS) is 19.9. The molecular weight excluding hydrogens is 550 g/mol. The van der Waals surface area contributed by atoms with E-state index >= 15 is 0 Å². The second kappa shape index (κ2) is 10.1. The zero-order valence-electron chi connectivity index (χ0n) is 21.5. The number of H-pyrrole nitrogens is 1. The predicted octanol–water partition coefficient (Wildman–Crippen LogP) is 5.34. The van der Waals surface area contributed by atoms with Crippen molar-refractivity contribution in [3.63, 3.8) is 0 Å². The van der Waals surface area contributed by atoms with Gasteiger partial charge in [-0.25, -0.2) is 4.90 Å². The summed E-state index contributed by atoms with van der Waals surface area (Å²) in [6.07, 6.45) is 0. The maximum atomic E-state index is 14.0. The topological polar surface area (TPSA) is 123 Å². The first kappa shape index (κ1) is 26.0. The minimum atomic E-state index is -0.888. The van der Waals surface area contributed by atoms with Gasteiger partial charge < -0.3 is 9.72 Å². The second-order valence-electron chi connectivity index (χ2n) is 9.85. The lowest BCUT2D eigenvalue weighted by atomic mass is 9.82. The molecule has 6 rings (SSSR count). The van der Waals surface area contributed by atoms with E-state index < -0.39 is 27.9 Å². The molecule has 3 heterocycles. The largest absolute Gasteiger partial charge is 0.489 e. The number of amides is 2. The molecule has 202 valence electrons. The van der Waals surface area contributed by atoms with Crippen molar-refractivity contribution in [2.24, 2.45) is 5.92 Å². The number of nitro groups is 1. The van der Waals surface area contributed by atoms with E-state index in [4.69, 9.17) is 4.74 Å². The van der Waals surface area contributed by atoms with Gasteiger partial charge in [-0.2, -0.15) is 0 Å². The van der Waals surface area contributed by atoms with E-state index in [2.05, 4.69) is 4.98 Å². The maximum absolute atomic E-state index is 14.0. The van der Waals surface area contributed by atoms with E-state index in [0.29, 0.717) is 26.9 Å². The molecule has 0 unspecified atom stereocenters. The summed E-state index contributed by atoms with van der Waals surface area (Å²) >= 11 is 2.10. The second-order valence-corrected chi connectivity index (χ2v) is 12.0. The number of nitro benzene ring substituents is 1. The molecule has 0 saturated carbocycles. The lowest BCUT2D eigenvalue weighted by Gasteiger charge is -2.30. The molecule has 9 nitrogen and oxygen atoms in total. The van der Waals surface area contributed by atoms with Crippen LogP contribution in [0.3, 0.4) is 0 Å². The van der Waals surface area contributed by atoms with Gasteiger partial charge in [0.2, 0.25) is 11.8 Å². The summed E-state index contributed by atoms with van der Waals surface area (Å²) in [6.45, 7) is 4.09. The first-order valence-corrected chi connectivity index (χ1v) is 14.2. The number of thioether (sulfide) groups is 1. The van der Waals surface area contributed by atoms with Crippen LogP contribution in [0.25, 0.3) is 0 Å². The van der Waals surface area contributed by atoms with Gasteiger partial charge in [0.25, 0.3) is 5.69 Å². The van der Waals surface area contributed by atoms with Crippen molar-refractivity contribution < 1.29 is 19.2 Å². The fourth-order valence-corrected chi connectivity index (χ4v) is 7.68. The third kappa shape index (κ3) is 4.50. The summed E-state index contributed by atoms with van der Waals surface area (Å²) in [5.41, 5.74) is 3.66. The monoisotopic (exact) mass is 573 g/mol. The highest BCUT2D eigenvalue weighted by molar-refractivity contribution is 8.00. The smallest absolute Gasteiger partial charge is 0.305 e. The number of rotatable bonds is 6. The predicted molar refractivity (Wildman–Crippen MR) is 152 cm³/mol. The van der Waals surface area contributed by atoms with Crippen molar-refractivity contribution >= 4 is 46.3 Å². The molecule has 1 saturated heterocycles. The SMILES string of the molecule is Cc1ccc(COc2ccc([N+](=O)[O-])cc2[C@@H]2c3sc(=O)[nH]c3S[C@H]3C(=O)N(c4ccc(C)cc4)C(=O)[C@@H]23)cc1. The van der Waals surface area contributed by atoms with Crippen LogP contribution >= 0.6 is 23.1 Å². The first-order chi connectivity index (χ1) is 19.2. The number of anilines is 1. The summed E-state index contributed by atoms with van der Waals surface area (Å²) in [5, 5.41) is 11.5. The van der Waals surface area contributed by atoms with Crippen LogP contribution in [0.2, 0.25) is 0 Å². The van der Waals surface area contributed by atoms with Crippen molar-refractivity contribution in [1.82, 2.24) is 4.98 Å². The molecule has 40 heavy (non-hydrogen) atoms. The van der Waals surface area contributed by atoms with Gasteiger partial charge in [0.1, 0.15) is 17.6 Å². The van der Waals surface area contributed by atoms with Crippen LogP contribution in [-0.4, -0.2) is 27.0 Å². The molecule has 3 aromatic carbocycles. The zero-order valence-corrected chi connectivity index (χ0v) is 23.1. The minimum absolute atomic E-state index is 0.177. The third-order valence-electron chi connectivity index (χ3n) is 7.17. The van der Waals surface area contributed by atoms with E-state index in [-0.39, 0.29) is 23.1 Å². The van der Waals surface area contributed by atoms with Gasteiger partial charge in [0, 0.05) is 28.5 Å². The number of nitrogens with zero attached hydrogens (tertiary/aromatic N) is 2. The van der Waals surface area contributed by atoms with Crippen molar-refractivity contribution in [3.05, 3.63) is 114 Å². The van der Waals surface area contributed by atoms with E-state index in [9.17, 15) is 24.5 Å². The lowest BCUT2D eigenvalue weighted by molar-refractivity contribution is -0.385. The Kier molecular flexibility index (Phi) is 6.55. The Morgan fingerprint density at radius 2 is 1.62 bits per heavy atom. The van der Waals surface area contributed by atoms with Gasteiger partial charge in [0.15, 0.2) is 0 Å². The number of thiazole rings is 1. The number of aryl methyl sites for hydroxylation is 2. The Hall–Kier alpha value is -4.22. The van der Waals surface area contributed by atoms with E-state index in [1.165, 1.54) is 23.1 Å². The Labute approximate surface area is 237 Å². The number of benzene rings is 3. The average Bonchev–Trinajstić information content (AvgIpc) is 3.43. The van der Waals surface area contributed by atoms with E-state index in [1.54, 1.807) is 12.1 Å². The molecule has 0 spiro atoms. The van der Waals surface area contributed by atoms with Crippen molar-refractivity contribution in [2.75, 3.05) is 4.90 Å². The molecule has 1 N–H and O–H groups in total. The molecule has 1 aromatic heterocycles. The van der Waals surface area contributed by atoms with Gasteiger partial charge in [-0.05, 0) is 37.6 Å². The summed E-state index contributed by atoms with van der Waals surface area (Å²) in [5.74, 6) is -2.15. The van der Waals surface area contributed by atoms with Crippen LogP contribution in [0.5, 0.6) is 5.75 Å². The molecule has 0 radical (unpaired) electrons. The number of ether oxygens (including phenoxy) is 1. The maximum Gasteiger partial charge on any atom is 0.305 e. The number of hydrogen-bond acceptors (Lipinski definition) is 8. The summed E-state index contributed by atoms with van der Waals surface area (Å²) in [7, 11) is 0. The van der Waals surface area contributed by atoms with Crippen molar-refractivity contribution in [2.45, 2.75) is 36.6 Å². The van der Waals surface area contributed by atoms with Gasteiger partial charge in [-0.1, -0.05) is 70.6 Å². The van der Waals surface area contributed by atoms with Crippen LogP contribution in [0.1, 0.15) is 33.0 Å². The van der Waals surface area contributed by atoms with Crippen LogP contribution < -0.4 is 14.5 Å². The van der Waals surface area contributed by atoms with Gasteiger partial charge in [-0.3, -0.25) is 24.5 Å². The highest BCUT2D eigenvalue weighted by atomic mass is 32.2. The van der Waals surface area contributed by atoms with Gasteiger partial charge in [0.05, 0.1) is 21.6 Å². The fraction of sp³-hybridized carbons (Fsp3) is 0.207. The number of nitrogens with one attached hydrogen (secondary N) is 1. The first-order valence-electron chi connectivity index (χ1n) is 12.5. The van der Waals surface area contributed by atoms with Crippen LogP contribution in [-0.2, 0) is 16.2 Å². The fourth-order valence-electron chi connectivity index (χ4n) is 5.17.